The summed E-state index contributed by atoms with van der Waals surface area (Å²) in [6.07, 6.45) is 2.63. The van der Waals surface area contributed by atoms with E-state index in [-0.39, 0.29) is 12.1 Å². The van der Waals surface area contributed by atoms with Gasteiger partial charge < -0.3 is 10.4 Å². The van der Waals surface area contributed by atoms with Gasteiger partial charge in [0.25, 0.3) is 0 Å². The quantitative estimate of drug-likeness (QED) is 0.828. The third-order valence-electron chi connectivity index (χ3n) is 3.28. The van der Waals surface area contributed by atoms with Crippen LogP contribution in [0, 0.1) is 5.92 Å². The molecule has 2 rings (SSSR count). The van der Waals surface area contributed by atoms with Crippen LogP contribution < -0.4 is 5.32 Å². The van der Waals surface area contributed by atoms with Crippen LogP contribution in [0.5, 0.6) is 0 Å². The number of aliphatic hydroxyl groups excluding tert-OH is 1. The molecule has 16 heavy (non-hydrogen) atoms. The van der Waals surface area contributed by atoms with E-state index in [1.165, 1.54) is 12.8 Å². The molecule has 0 heterocycles. The highest BCUT2D eigenvalue weighted by Crippen LogP contribution is 2.30. The molecule has 2 nitrogen and oxygen atoms in total. The summed E-state index contributed by atoms with van der Waals surface area (Å²) in [5, 5.41) is 13.7. The Balaban J connectivity index is 2.08. The predicted molar refractivity (Wildman–Crippen MR) is 66.6 cm³/mol. The molecule has 1 fully saturated rings. The Hall–Kier alpha value is -0.570. The average Bonchev–Trinajstić information content (AvgIpc) is 3.11. The van der Waals surface area contributed by atoms with Gasteiger partial charge in [-0.3, -0.25) is 0 Å². The Morgan fingerprint density at radius 3 is 2.50 bits per heavy atom. The molecule has 0 aliphatic heterocycles. The maximum absolute atomic E-state index is 9.55. The van der Waals surface area contributed by atoms with Crippen LogP contribution in [0.1, 0.15) is 25.3 Å². The highest BCUT2D eigenvalue weighted by molar-refractivity contribution is 6.30. The largest absolute Gasteiger partial charge is 0.394 e. The average molecular weight is 240 g/mol. The van der Waals surface area contributed by atoms with Crippen LogP contribution in [0.15, 0.2) is 24.3 Å². The molecular weight excluding hydrogens is 222 g/mol. The van der Waals surface area contributed by atoms with Crippen LogP contribution in [0.25, 0.3) is 0 Å². The molecule has 3 heteroatoms. The van der Waals surface area contributed by atoms with Crippen molar-refractivity contribution in [2.45, 2.75) is 25.3 Å². The summed E-state index contributed by atoms with van der Waals surface area (Å²) in [6, 6.07) is 7.67. The molecule has 0 bridgehead atoms. The number of nitrogens with one attached hydrogen (secondary N) is 1. The molecule has 2 N–H and O–H groups in total. The topological polar surface area (TPSA) is 32.3 Å². The first-order valence-electron chi connectivity index (χ1n) is 5.76. The minimum absolute atomic E-state index is 0.0986. The molecule has 0 aromatic heterocycles. The summed E-state index contributed by atoms with van der Waals surface area (Å²) in [6.45, 7) is 3.11. The maximum Gasteiger partial charge on any atom is 0.0652 e. The summed E-state index contributed by atoms with van der Waals surface area (Å²) in [5.74, 6) is 0.804. The van der Waals surface area contributed by atoms with E-state index in [1.54, 1.807) is 0 Å². The van der Waals surface area contributed by atoms with Crippen molar-refractivity contribution in [2.75, 3.05) is 13.2 Å². The Kier molecular flexibility index (Phi) is 3.53. The van der Waals surface area contributed by atoms with Crippen molar-refractivity contribution in [2.24, 2.45) is 5.92 Å². The van der Waals surface area contributed by atoms with Gasteiger partial charge in [0.15, 0.2) is 0 Å². The second-order valence-corrected chi connectivity index (χ2v) is 5.26. The number of halogens is 1. The number of hydrogen-bond donors (Lipinski definition) is 2. The molecule has 0 amide bonds. The van der Waals surface area contributed by atoms with E-state index in [1.807, 2.05) is 31.2 Å². The van der Waals surface area contributed by atoms with Gasteiger partial charge in [-0.1, -0.05) is 23.7 Å². The zero-order valence-corrected chi connectivity index (χ0v) is 10.3. The summed E-state index contributed by atoms with van der Waals surface area (Å²) in [5.41, 5.74) is 0.729. The normalized spacial score (nSPS) is 19.4. The highest BCUT2D eigenvalue weighted by Gasteiger charge is 2.29. The number of aliphatic hydroxyl groups is 1. The third kappa shape index (κ3) is 2.76. The standard InChI is InChI=1S/C13H18ClNO/c1-13(9-16,15-8-10-2-3-10)11-4-6-12(14)7-5-11/h4-7,10,15-16H,2-3,8-9H2,1H3. The first-order chi connectivity index (χ1) is 7.64. The van der Waals surface area contributed by atoms with Crippen molar-refractivity contribution in [3.8, 4) is 0 Å². The second-order valence-electron chi connectivity index (χ2n) is 4.82. The summed E-state index contributed by atoms with van der Waals surface area (Å²) in [7, 11) is 0. The van der Waals surface area contributed by atoms with Gasteiger partial charge in [0.05, 0.1) is 12.1 Å². The minimum Gasteiger partial charge on any atom is -0.394 e. The summed E-state index contributed by atoms with van der Waals surface area (Å²) >= 11 is 5.86. The van der Waals surface area contributed by atoms with Crippen molar-refractivity contribution in [1.29, 1.82) is 0 Å². The van der Waals surface area contributed by atoms with Crippen molar-refractivity contribution in [3.05, 3.63) is 34.9 Å². The summed E-state index contributed by atoms with van der Waals surface area (Å²) < 4.78 is 0. The Morgan fingerprint density at radius 2 is 2.00 bits per heavy atom. The van der Waals surface area contributed by atoms with E-state index < -0.39 is 0 Å². The number of benzene rings is 1. The molecule has 1 aromatic carbocycles. The zero-order chi connectivity index (χ0) is 11.6. The third-order valence-corrected chi connectivity index (χ3v) is 3.53. The Labute approximate surface area is 102 Å². The molecule has 1 aliphatic rings. The van der Waals surface area contributed by atoms with Gasteiger partial charge in [0, 0.05) is 5.02 Å². The van der Waals surface area contributed by atoms with Crippen molar-refractivity contribution in [1.82, 2.24) is 5.32 Å². The van der Waals surface area contributed by atoms with Crippen molar-refractivity contribution < 1.29 is 5.11 Å². The molecule has 1 aromatic rings. The molecule has 1 saturated carbocycles. The molecule has 0 saturated heterocycles. The molecule has 1 atom stereocenters. The first-order valence-corrected chi connectivity index (χ1v) is 6.14. The molecule has 88 valence electrons. The van der Waals surface area contributed by atoms with Crippen molar-refractivity contribution in [3.63, 3.8) is 0 Å². The lowest BCUT2D eigenvalue weighted by atomic mass is 9.93. The first kappa shape index (κ1) is 11.9. The molecule has 0 radical (unpaired) electrons. The number of rotatable bonds is 5. The number of hydrogen-bond acceptors (Lipinski definition) is 2. The molecule has 1 unspecified atom stereocenters. The van der Waals surface area contributed by atoms with Crippen molar-refractivity contribution >= 4 is 11.6 Å². The van der Waals surface area contributed by atoms with Crippen LogP contribution in [-0.2, 0) is 5.54 Å². The smallest absolute Gasteiger partial charge is 0.0652 e. The monoisotopic (exact) mass is 239 g/mol. The van der Waals surface area contributed by atoms with Gasteiger partial charge in [-0.2, -0.15) is 0 Å². The van der Waals surface area contributed by atoms with Gasteiger partial charge in [-0.25, -0.2) is 0 Å². The fraction of sp³-hybridized carbons (Fsp3) is 0.538. The second kappa shape index (κ2) is 4.74. The molecule has 1 aliphatic carbocycles. The highest BCUT2D eigenvalue weighted by atomic mass is 35.5. The molecular formula is C13H18ClNO. The van der Waals surface area contributed by atoms with E-state index in [9.17, 15) is 5.11 Å². The Morgan fingerprint density at radius 1 is 1.38 bits per heavy atom. The van der Waals surface area contributed by atoms with Gasteiger partial charge in [0.1, 0.15) is 0 Å². The van der Waals surface area contributed by atoms with E-state index in [2.05, 4.69) is 5.32 Å². The summed E-state index contributed by atoms with van der Waals surface area (Å²) in [4.78, 5) is 0. The van der Waals surface area contributed by atoms with Crippen LogP contribution in [0.4, 0.5) is 0 Å². The van der Waals surface area contributed by atoms with Crippen LogP contribution >= 0.6 is 11.6 Å². The van der Waals surface area contributed by atoms with E-state index >= 15 is 0 Å². The lowest BCUT2D eigenvalue weighted by Crippen LogP contribution is -2.43. The maximum atomic E-state index is 9.55. The molecule has 0 spiro atoms. The van der Waals surface area contributed by atoms with E-state index in [0.717, 1.165) is 23.0 Å². The zero-order valence-electron chi connectivity index (χ0n) is 9.54. The predicted octanol–water partition coefficient (Wildman–Crippen LogP) is 2.55. The van der Waals surface area contributed by atoms with Gasteiger partial charge in [-0.15, -0.1) is 0 Å². The lowest BCUT2D eigenvalue weighted by molar-refractivity contribution is 0.174. The van der Waals surface area contributed by atoms with Crippen LogP contribution in [0.2, 0.25) is 5.02 Å². The minimum atomic E-state index is -0.354. The lowest BCUT2D eigenvalue weighted by Gasteiger charge is -2.29. The van der Waals surface area contributed by atoms with Gasteiger partial charge in [0.2, 0.25) is 0 Å². The van der Waals surface area contributed by atoms with Gasteiger partial charge in [-0.05, 0) is 49.9 Å². The van der Waals surface area contributed by atoms with Crippen LogP contribution in [-0.4, -0.2) is 18.3 Å². The van der Waals surface area contributed by atoms with E-state index in [0.29, 0.717) is 0 Å². The Bertz CT molecular complexity index is 347. The SMILES string of the molecule is CC(CO)(NCC1CC1)c1ccc(Cl)cc1. The van der Waals surface area contributed by atoms with Gasteiger partial charge >= 0.3 is 0 Å². The fourth-order valence-electron chi connectivity index (χ4n) is 1.76. The fourth-order valence-corrected chi connectivity index (χ4v) is 1.88. The van der Waals surface area contributed by atoms with E-state index in [4.69, 9.17) is 11.6 Å². The van der Waals surface area contributed by atoms with Crippen LogP contribution in [0.3, 0.4) is 0 Å².